The van der Waals surface area contributed by atoms with Crippen LogP contribution in [0.15, 0.2) is 29.1 Å². The molecule has 1 aromatic carbocycles. The molecule has 3 rings (SSSR count). The van der Waals surface area contributed by atoms with Crippen molar-refractivity contribution < 1.29 is 9.50 Å². The number of anilines is 2. The second-order valence-electron chi connectivity index (χ2n) is 6.22. The van der Waals surface area contributed by atoms with Gasteiger partial charge < -0.3 is 5.11 Å². The van der Waals surface area contributed by atoms with Crippen LogP contribution in [0, 0.1) is 12.7 Å². The molecule has 1 N–H and O–H groups in total. The van der Waals surface area contributed by atoms with Gasteiger partial charge in [0.15, 0.2) is 0 Å². The third-order valence-corrected chi connectivity index (χ3v) is 4.50. The zero-order valence-electron chi connectivity index (χ0n) is 14.6. The maximum absolute atomic E-state index is 13.3. The Labute approximate surface area is 146 Å². The highest BCUT2D eigenvalue weighted by Gasteiger charge is 2.27. The molecule has 134 valence electrons. The average Bonchev–Trinajstić information content (AvgIpc) is 2.61. The Morgan fingerprint density at radius 2 is 1.96 bits per heavy atom. The quantitative estimate of drug-likeness (QED) is 0.897. The van der Waals surface area contributed by atoms with Crippen LogP contribution in [0.4, 0.5) is 16.0 Å². The van der Waals surface area contributed by atoms with Crippen LogP contribution in [-0.4, -0.2) is 39.4 Å². The van der Waals surface area contributed by atoms with Gasteiger partial charge in [0.05, 0.1) is 13.3 Å². The van der Waals surface area contributed by atoms with Crippen molar-refractivity contribution in [2.75, 3.05) is 24.7 Å². The molecule has 2 heterocycles. The van der Waals surface area contributed by atoms with Gasteiger partial charge in [-0.25, -0.2) is 9.37 Å². The van der Waals surface area contributed by atoms with Crippen molar-refractivity contribution in [3.05, 3.63) is 51.7 Å². The Morgan fingerprint density at radius 1 is 1.24 bits per heavy atom. The highest BCUT2D eigenvalue weighted by molar-refractivity contribution is 5.58. The molecule has 0 bridgehead atoms. The molecule has 25 heavy (non-hydrogen) atoms. The molecule has 0 aliphatic carbocycles. The molecule has 0 saturated carbocycles. The number of rotatable bonds is 5. The second-order valence-corrected chi connectivity index (χ2v) is 6.22. The van der Waals surface area contributed by atoms with Gasteiger partial charge in [-0.15, -0.1) is 0 Å². The van der Waals surface area contributed by atoms with Gasteiger partial charge in [0, 0.05) is 30.1 Å². The van der Waals surface area contributed by atoms with E-state index in [1.165, 1.54) is 12.1 Å². The van der Waals surface area contributed by atoms with E-state index in [0.29, 0.717) is 44.2 Å². The number of nitrogens with zero attached hydrogens (tertiary/aromatic N) is 4. The Morgan fingerprint density at radius 3 is 2.60 bits per heavy atom. The lowest BCUT2D eigenvalue weighted by molar-refractivity contribution is 0.175. The highest BCUT2D eigenvalue weighted by Crippen LogP contribution is 2.27. The van der Waals surface area contributed by atoms with Crippen LogP contribution >= 0.6 is 0 Å². The number of halogens is 1. The fourth-order valence-corrected chi connectivity index (χ4v) is 3.19. The molecule has 2 aromatic rings. The van der Waals surface area contributed by atoms with E-state index in [-0.39, 0.29) is 18.0 Å². The van der Waals surface area contributed by atoms with E-state index in [2.05, 4.69) is 9.88 Å². The van der Waals surface area contributed by atoms with Crippen molar-refractivity contribution in [1.29, 1.82) is 0 Å². The van der Waals surface area contributed by atoms with E-state index >= 15 is 0 Å². The number of fused-ring (bicyclic) bond motifs is 1. The zero-order chi connectivity index (χ0) is 18.0. The van der Waals surface area contributed by atoms with Crippen LogP contribution in [0.1, 0.15) is 24.6 Å². The summed E-state index contributed by atoms with van der Waals surface area (Å²) in [7, 11) is 0. The predicted molar refractivity (Wildman–Crippen MR) is 94.4 cm³/mol. The maximum Gasteiger partial charge on any atom is 0.259 e. The van der Waals surface area contributed by atoms with Crippen molar-refractivity contribution in [1.82, 2.24) is 14.5 Å². The standard InChI is InChI=1S/C18H23FN4O2/c1-3-16-13(2)20-18-22(15-7-5-14(19)6-8-15)11-21(9-4-10-24)12-23(18)17(16)25/h5-8,24H,3-4,9-12H2,1-2H3. The monoisotopic (exact) mass is 346 g/mol. The summed E-state index contributed by atoms with van der Waals surface area (Å²) in [4.78, 5) is 21.5. The number of aliphatic hydroxyl groups excluding tert-OH is 1. The normalized spacial score (nSPS) is 14.6. The molecule has 1 aromatic heterocycles. The molecule has 1 aliphatic rings. The third-order valence-electron chi connectivity index (χ3n) is 4.50. The summed E-state index contributed by atoms with van der Waals surface area (Å²) in [5, 5.41) is 9.12. The van der Waals surface area contributed by atoms with E-state index in [0.717, 1.165) is 11.4 Å². The van der Waals surface area contributed by atoms with E-state index < -0.39 is 0 Å². The lowest BCUT2D eigenvalue weighted by atomic mass is 10.2. The van der Waals surface area contributed by atoms with Crippen LogP contribution in [0.5, 0.6) is 0 Å². The molecule has 0 atom stereocenters. The minimum absolute atomic E-state index is 0.0363. The topological polar surface area (TPSA) is 61.6 Å². The van der Waals surface area contributed by atoms with Crippen LogP contribution < -0.4 is 10.5 Å². The lowest BCUT2D eigenvalue weighted by Crippen LogP contribution is -2.48. The van der Waals surface area contributed by atoms with Crippen LogP contribution in [0.3, 0.4) is 0 Å². The summed E-state index contributed by atoms with van der Waals surface area (Å²) < 4.78 is 15.0. The minimum Gasteiger partial charge on any atom is -0.396 e. The van der Waals surface area contributed by atoms with Gasteiger partial charge in [-0.1, -0.05) is 6.92 Å². The summed E-state index contributed by atoms with van der Waals surface area (Å²) in [5.74, 6) is 0.271. The summed E-state index contributed by atoms with van der Waals surface area (Å²) >= 11 is 0. The molecule has 6 nitrogen and oxygen atoms in total. The van der Waals surface area contributed by atoms with Crippen molar-refractivity contribution in [2.45, 2.75) is 33.4 Å². The van der Waals surface area contributed by atoms with E-state index in [4.69, 9.17) is 5.11 Å². The third kappa shape index (κ3) is 3.43. The Kier molecular flexibility index (Phi) is 5.15. The fraction of sp³-hybridized carbons (Fsp3) is 0.444. The summed E-state index contributed by atoms with van der Waals surface area (Å²) in [5.41, 5.74) is 2.19. The van der Waals surface area contributed by atoms with Gasteiger partial charge in [0.25, 0.3) is 5.56 Å². The van der Waals surface area contributed by atoms with Crippen molar-refractivity contribution in [2.24, 2.45) is 0 Å². The first-order valence-corrected chi connectivity index (χ1v) is 8.51. The van der Waals surface area contributed by atoms with Gasteiger partial charge in [0.1, 0.15) is 5.82 Å². The molecule has 0 radical (unpaired) electrons. The van der Waals surface area contributed by atoms with Crippen molar-refractivity contribution in [3.8, 4) is 0 Å². The van der Waals surface area contributed by atoms with E-state index in [1.807, 2.05) is 18.7 Å². The summed E-state index contributed by atoms with van der Waals surface area (Å²) in [6.45, 7) is 5.52. The maximum atomic E-state index is 13.3. The van der Waals surface area contributed by atoms with Gasteiger partial charge >= 0.3 is 0 Å². The smallest absolute Gasteiger partial charge is 0.259 e. The minimum atomic E-state index is -0.305. The van der Waals surface area contributed by atoms with Gasteiger partial charge in [0.2, 0.25) is 5.95 Å². The van der Waals surface area contributed by atoms with Crippen LogP contribution in [0.2, 0.25) is 0 Å². The Bertz CT molecular complexity index is 804. The highest BCUT2D eigenvalue weighted by atomic mass is 19.1. The zero-order valence-corrected chi connectivity index (χ0v) is 14.6. The number of aliphatic hydroxyl groups is 1. The first-order valence-electron chi connectivity index (χ1n) is 8.51. The number of aromatic nitrogens is 2. The molecular weight excluding hydrogens is 323 g/mol. The number of hydrogen-bond donors (Lipinski definition) is 1. The summed E-state index contributed by atoms with van der Waals surface area (Å²) in [6.07, 6.45) is 1.26. The fourth-order valence-electron chi connectivity index (χ4n) is 3.19. The molecular formula is C18H23FN4O2. The van der Waals surface area contributed by atoms with Crippen molar-refractivity contribution in [3.63, 3.8) is 0 Å². The first-order chi connectivity index (χ1) is 12.0. The molecule has 0 unspecified atom stereocenters. The number of aryl methyl sites for hydroxylation is 1. The van der Waals surface area contributed by atoms with Gasteiger partial charge in [-0.3, -0.25) is 19.2 Å². The van der Waals surface area contributed by atoms with Crippen LogP contribution in [0.25, 0.3) is 0 Å². The largest absolute Gasteiger partial charge is 0.396 e. The Balaban J connectivity index is 2.09. The first kappa shape index (κ1) is 17.6. The van der Waals surface area contributed by atoms with Crippen LogP contribution in [-0.2, 0) is 13.1 Å². The Hall–Kier alpha value is -2.25. The van der Waals surface area contributed by atoms with Gasteiger partial charge in [-0.2, -0.15) is 0 Å². The second kappa shape index (κ2) is 7.33. The van der Waals surface area contributed by atoms with E-state index in [9.17, 15) is 9.18 Å². The average molecular weight is 346 g/mol. The molecule has 0 amide bonds. The number of benzene rings is 1. The molecule has 1 aliphatic heterocycles. The lowest BCUT2D eigenvalue weighted by Gasteiger charge is -2.38. The number of hydrogen-bond acceptors (Lipinski definition) is 5. The summed E-state index contributed by atoms with van der Waals surface area (Å²) in [6, 6.07) is 6.17. The molecule has 0 fully saturated rings. The van der Waals surface area contributed by atoms with E-state index in [1.54, 1.807) is 16.7 Å². The molecule has 0 spiro atoms. The molecule has 7 heteroatoms. The SMILES string of the molecule is CCc1c(C)nc2n(c1=O)CN(CCCO)CN2c1ccc(F)cc1. The predicted octanol–water partition coefficient (Wildman–Crippen LogP) is 2.00. The van der Waals surface area contributed by atoms with Gasteiger partial charge in [-0.05, 0) is 44.0 Å². The van der Waals surface area contributed by atoms with Crippen molar-refractivity contribution >= 4 is 11.6 Å². The molecule has 0 saturated heterocycles.